The van der Waals surface area contributed by atoms with Gasteiger partial charge in [0.25, 0.3) is 0 Å². The molecule has 1 aromatic carbocycles. The third-order valence-electron chi connectivity index (χ3n) is 3.56. The highest BCUT2D eigenvalue weighted by molar-refractivity contribution is 6.33. The minimum absolute atomic E-state index is 0.224. The summed E-state index contributed by atoms with van der Waals surface area (Å²) in [5.41, 5.74) is 1.10. The van der Waals surface area contributed by atoms with E-state index in [4.69, 9.17) is 16.7 Å². The van der Waals surface area contributed by atoms with Crippen LogP contribution in [0.1, 0.15) is 23.2 Å². The summed E-state index contributed by atoms with van der Waals surface area (Å²) >= 11 is 6.15. The second-order valence-corrected chi connectivity index (χ2v) is 5.35. The topological polar surface area (TPSA) is 43.8 Å². The zero-order valence-corrected chi connectivity index (χ0v) is 11.9. The van der Waals surface area contributed by atoms with E-state index in [1.165, 1.54) is 32.0 Å². The number of carbonyl (C=O) groups is 1. The molecule has 5 heteroatoms. The second kappa shape index (κ2) is 6.26. The first-order valence-electron chi connectivity index (χ1n) is 6.54. The highest BCUT2D eigenvalue weighted by Gasteiger charge is 2.14. The molecule has 0 unspecified atom stereocenters. The van der Waals surface area contributed by atoms with Crippen LogP contribution in [-0.2, 0) is 0 Å². The summed E-state index contributed by atoms with van der Waals surface area (Å²) in [5, 5.41) is 9.40. The largest absolute Gasteiger partial charge is 0.478 e. The molecule has 1 saturated heterocycles. The van der Waals surface area contributed by atoms with Crippen LogP contribution in [0, 0.1) is 0 Å². The normalized spacial score (nSPS) is 15.7. The quantitative estimate of drug-likeness (QED) is 0.901. The number of likely N-dealkylation sites (tertiary alicyclic amines) is 1. The molecule has 0 saturated carbocycles. The van der Waals surface area contributed by atoms with Gasteiger partial charge in [0.15, 0.2) is 0 Å². The fraction of sp³-hybridized carbons (Fsp3) is 0.500. The minimum atomic E-state index is -0.951. The summed E-state index contributed by atoms with van der Waals surface area (Å²) in [5.74, 6) is -0.951. The highest BCUT2D eigenvalue weighted by atomic mass is 35.5. The Kier molecular flexibility index (Phi) is 4.66. The van der Waals surface area contributed by atoms with Crippen molar-refractivity contribution in [3.8, 4) is 0 Å². The predicted octanol–water partition coefficient (Wildman–Crippen LogP) is 2.57. The zero-order valence-electron chi connectivity index (χ0n) is 11.1. The number of likely N-dealkylation sites (N-methyl/N-ethyl adjacent to an activating group) is 1. The second-order valence-electron chi connectivity index (χ2n) is 4.94. The Morgan fingerprint density at radius 1 is 1.42 bits per heavy atom. The predicted molar refractivity (Wildman–Crippen MR) is 77.4 cm³/mol. The lowest BCUT2D eigenvalue weighted by Crippen LogP contribution is -2.31. The Bertz CT molecular complexity index is 459. The van der Waals surface area contributed by atoms with Crippen molar-refractivity contribution in [2.75, 3.05) is 38.1 Å². The van der Waals surface area contributed by atoms with Crippen LogP contribution in [-0.4, -0.2) is 49.2 Å². The van der Waals surface area contributed by atoms with E-state index in [0.717, 1.165) is 18.8 Å². The van der Waals surface area contributed by atoms with Crippen molar-refractivity contribution < 1.29 is 9.90 Å². The molecule has 0 atom stereocenters. The summed E-state index contributed by atoms with van der Waals surface area (Å²) in [6.45, 7) is 4.28. The Hall–Kier alpha value is -1.26. The third kappa shape index (κ3) is 3.61. The van der Waals surface area contributed by atoms with Gasteiger partial charge in [-0.2, -0.15) is 0 Å². The van der Waals surface area contributed by atoms with E-state index in [2.05, 4.69) is 9.80 Å². The molecule has 1 aliphatic rings. The van der Waals surface area contributed by atoms with Gasteiger partial charge >= 0.3 is 5.97 Å². The molecule has 0 amide bonds. The van der Waals surface area contributed by atoms with Gasteiger partial charge in [0, 0.05) is 20.1 Å². The number of benzene rings is 1. The number of hydrogen-bond donors (Lipinski definition) is 1. The van der Waals surface area contributed by atoms with Crippen molar-refractivity contribution in [1.82, 2.24) is 4.90 Å². The number of nitrogens with zero attached hydrogens (tertiary/aromatic N) is 2. The van der Waals surface area contributed by atoms with Crippen LogP contribution in [0.3, 0.4) is 0 Å². The number of carboxylic acid groups (broad SMARTS) is 1. The number of halogens is 1. The molecule has 1 aliphatic heterocycles. The lowest BCUT2D eigenvalue weighted by atomic mass is 10.2. The van der Waals surface area contributed by atoms with Crippen LogP contribution in [0.25, 0.3) is 0 Å². The summed E-state index contributed by atoms with van der Waals surface area (Å²) < 4.78 is 0. The lowest BCUT2D eigenvalue weighted by Gasteiger charge is -2.24. The Morgan fingerprint density at radius 2 is 2.11 bits per heavy atom. The van der Waals surface area contributed by atoms with E-state index in [1.54, 1.807) is 12.1 Å². The van der Waals surface area contributed by atoms with Gasteiger partial charge in [-0.05, 0) is 44.1 Å². The average Bonchev–Trinajstić information content (AvgIpc) is 2.88. The van der Waals surface area contributed by atoms with Gasteiger partial charge < -0.3 is 14.9 Å². The summed E-state index contributed by atoms with van der Waals surface area (Å²) in [6.07, 6.45) is 2.58. The average molecular weight is 283 g/mol. The van der Waals surface area contributed by atoms with E-state index in [-0.39, 0.29) is 5.56 Å². The van der Waals surface area contributed by atoms with Crippen LogP contribution in [0.4, 0.5) is 5.69 Å². The Balaban J connectivity index is 1.98. The maximum absolute atomic E-state index is 10.9. The zero-order chi connectivity index (χ0) is 13.8. The standard InChI is InChI=1S/C14H19ClN2O2/c1-16(8-9-17-6-2-3-7-17)13-5-4-11(14(18)19)10-12(13)15/h4-5,10H,2-3,6-9H2,1H3,(H,18,19). The van der Waals surface area contributed by atoms with Gasteiger partial charge in [0.2, 0.25) is 0 Å². The van der Waals surface area contributed by atoms with E-state index in [0.29, 0.717) is 5.02 Å². The van der Waals surface area contributed by atoms with E-state index >= 15 is 0 Å². The number of rotatable bonds is 5. The van der Waals surface area contributed by atoms with Crippen LogP contribution in [0.15, 0.2) is 18.2 Å². The van der Waals surface area contributed by atoms with Crippen LogP contribution >= 0.6 is 11.6 Å². The number of hydrogen-bond acceptors (Lipinski definition) is 3. The van der Waals surface area contributed by atoms with Gasteiger partial charge in [-0.25, -0.2) is 4.79 Å². The molecule has 0 aromatic heterocycles. The van der Waals surface area contributed by atoms with Gasteiger partial charge in [-0.15, -0.1) is 0 Å². The Morgan fingerprint density at radius 3 is 2.68 bits per heavy atom. The number of aromatic carboxylic acids is 1. The van der Waals surface area contributed by atoms with Crippen LogP contribution in [0.5, 0.6) is 0 Å². The van der Waals surface area contributed by atoms with Crippen molar-refractivity contribution in [1.29, 1.82) is 0 Å². The molecule has 1 aromatic rings. The monoisotopic (exact) mass is 282 g/mol. The molecule has 1 N–H and O–H groups in total. The van der Waals surface area contributed by atoms with Crippen molar-refractivity contribution in [2.45, 2.75) is 12.8 Å². The number of anilines is 1. The summed E-state index contributed by atoms with van der Waals surface area (Å²) in [4.78, 5) is 15.4. The first kappa shape index (κ1) is 14.2. The molecule has 0 radical (unpaired) electrons. The van der Waals surface area contributed by atoms with Crippen molar-refractivity contribution in [3.63, 3.8) is 0 Å². The van der Waals surface area contributed by atoms with Gasteiger partial charge in [0.05, 0.1) is 16.3 Å². The highest BCUT2D eigenvalue weighted by Crippen LogP contribution is 2.26. The first-order chi connectivity index (χ1) is 9.08. The van der Waals surface area contributed by atoms with Crippen LogP contribution < -0.4 is 4.90 Å². The molecule has 19 heavy (non-hydrogen) atoms. The van der Waals surface area contributed by atoms with E-state index in [1.807, 2.05) is 7.05 Å². The molecule has 0 spiro atoms. The number of carboxylic acids is 1. The summed E-state index contributed by atoms with van der Waals surface area (Å²) in [6, 6.07) is 4.87. The molecule has 0 aliphatic carbocycles. The molecule has 1 fully saturated rings. The van der Waals surface area contributed by atoms with Crippen LogP contribution in [0.2, 0.25) is 5.02 Å². The Labute approximate surface area is 118 Å². The lowest BCUT2D eigenvalue weighted by molar-refractivity contribution is 0.0697. The molecular formula is C14H19ClN2O2. The fourth-order valence-electron chi connectivity index (χ4n) is 2.37. The molecule has 0 bridgehead atoms. The van der Waals surface area contributed by atoms with Gasteiger partial charge in [-0.1, -0.05) is 11.6 Å². The third-order valence-corrected chi connectivity index (χ3v) is 3.86. The minimum Gasteiger partial charge on any atom is -0.478 e. The van der Waals surface area contributed by atoms with Crippen molar-refractivity contribution in [2.24, 2.45) is 0 Å². The van der Waals surface area contributed by atoms with Gasteiger partial charge in [0.1, 0.15) is 0 Å². The van der Waals surface area contributed by atoms with Crippen molar-refractivity contribution in [3.05, 3.63) is 28.8 Å². The summed E-state index contributed by atoms with van der Waals surface area (Å²) in [7, 11) is 1.98. The van der Waals surface area contributed by atoms with E-state index < -0.39 is 5.97 Å². The first-order valence-corrected chi connectivity index (χ1v) is 6.92. The molecular weight excluding hydrogens is 264 g/mol. The molecule has 4 nitrogen and oxygen atoms in total. The fourth-order valence-corrected chi connectivity index (χ4v) is 2.69. The maximum Gasteiger partial charge on any atom is 0.335 e. The maximum atomic E-state index is 10.9. The molecule has 1 heterocycles. The smallest absolute Gasteiger partial charge is 0.335 e. The SMILES string of the molecule is CN(CCN1CCCC1)c1ccc(C(=O)O)cc1Cl. The van der Waals surface area contributed by atoms with E-state index in [9.17, 15) is 4.79 Å². The molecule has 2 rings (SSSR count). The van der Waals surface area contributed by atoms with Gasteiger partial charge in [-0.3, -0.25) is 0 Å². The van der Waals surface area contributed by atoms with Crippen molar-refractivity contribution >= 4 is 23.3 Å². The molecule has 104 valence electrons.